The quantitative estimate of drug-likeness (QED) is 0.648. The molecule has 154 valence electrons. The van der Waals surface area contributed by atoms with Crippen LogP contribution in [-0.4, -0.2) is 47.0 Å². The average Bonchev–Trinajstić information content (AvgIpc) is 3.34. The zero-order valence-electron chi connectivity index (χ0n) is 17.7. The lowest BCUT2D eigenvalue weighted by Crippen LogP contribution is -2.35. The van der Waals surface area contributed by atoms with E-state index in [1.54, 1.807) is 7.11 Å². The zero-order chi connectivity index (χ0) is 20.4. The molecule has 0 spiro atoms. The van der Waals surface area contributed by atoms with Crippen molar-refractivity contribution in [3.63, 3.8) is 0 Å². The van der Waals surface area contributed by atoms with Crippen LogP contribution in [0.4, 0.5) is 5.69 Å². The van der Waals surface area contributed by atoms with Crippen LogP contribution in [0.2, 0.25) is 0 Å². The topological polar surface area (TPSA) is 41.0 Å². The third-order valence-corrected chi connectivity index (χ3v) is 7.12. The molecule has 0 aliphatic carbocycles. The average molecular weight is 411 g/mol. The molecule has 0 bridgehead atoms. The Labute approximate surface area is 178 Å². The van der Waals surface area contributed by atoms with Gasteiger partial charge in [0.15, 0.2) is 5.17 Å². The Kier molecular flexibility index (Phi) is 5.99. The number of ether oxygens (including phenoxy) is 1. The Morgan fingerprint density at radius 1 is 1.17 bits per heavy atom. The smallest absolute Gasteiger partial charge is 0.160 e. The van der Waals surface area contributed by atoms with Gasteiger partial charge in [0.05, 0.1) is 18.8 Å². The maximum atomic E-state index is 5.91. The predicted molar refractivity (Wildman–Crippen MR) is 122 cm³/mol. The minimum Gasteiger partial charge on any atom is -0.496 e. The first-order valence-corrected chi connectivity index (χ1v) is 11.5. The number of aromatic nitrogens is 1. The summed E-state index contributed by atoms with van der Waals surface area (Å²) in [5.41, 5.74) is 3.41. The van der Waals surface area contributed by atoms with E-state index in [1.807, 2.05) is 30.1 Å². The van der Waals surface area contributed by atoms with Gasteiger partial charge < -0.3 is 14.5 Å². The summed E-state index contributed by atoms with van der Waals surface area (Å²) in [6, 6.07) is 13.3. The number of amidine groups is 1. The summed E-state index contributed by atoms with van der Waals surface area (Å²) in [5.74, 6) is 2.03. The lowest BCUT2D eigenvalue weighted by molar-refractivity contribution is 0.249. The lowest BCUT2D eigenvalue weighted by Gasteiger charge is -2.33. The van der Waals surface area contributed by atoms with E-state index >= 15 is 0 Å². The van der Waals surface area contributed by atoms with E-state index < -0.39 is 0 Å². The molecule has 5 nitrogen and oxygen atoms in total. The molecule has 0 amide bonds. The molecular weight excluding hydrogens is 380 g/mol. The van der Waals surface area contributed by atoms with Gasteiger partial charge in [-0.15, -0.1) is 0 Å². The van der Waals surface area contributed by atoms with Crippen molar-refractivity contribution in [1.29, 1.82) is 0 Å². The predicted octanol–water partition coefficient (Wildman–Crippen LogP) is 4.92. The molecule has 0 N–H and O–H groups in total. The van der Waals surface area contributed by atoms with E-state index in [0.717, 1.165) is 41.9 Å². The Morgan fingerprint density at radius 3 is 2.66 bits per heavy atom. The molecule has 2 aliphatic rings. The minimum absolute atomic E-state index is 0.0127. The molecule has 1 fully saturated rings. The largest absolute Gasteiger partial charge is 0.496 e. The van der Waals surface area contributed by atoms with Gasteiger partial charge in [-0.3, -0.25) is 9.98 Å². The van der Waals surface area contributed by atoms with Crippen molar-refractivity contribution in [3.8, 4) is 5.75 Å². The maximum Gasteiger partial charge on any atom is 0.160 e. The number of fused-ring (bicyclic) bond motifs is 1. The molecule has 1 aromatic heterocycles. The van der Waals surface area contributed by atoms with Crippen LogP contribution in [0.1, 0.15) is 50.5 Å². The molecule has 29 heavy (non-hydrogen) atoms. The van der Waals surface area contributed by atoms with Gasteiger partial charge >= 0.3 is 0 Å². The van der Waals surface area contributed by atoms with Crippen molar-refractivity contribution in [2.24, 2.45) is 4.99 Å². The van der Waals surface area contributed by atoms with E-state index in [1.165, 1.54) is 11.3 Å². The molecule has 3 heterocycles. The molecular formula is C23H30N4OS. The number of thioether (sulfide) groups is 1. The van der Waals surface area contributed by atoms with Crippen molar-refractivity contribution in [2.75, 3.05) is 30.9 Å². The zero-order valence-corrected chi connectivity index (χ0v) is 18.5. The third kappa shape index (κ3) is 3.59. The Bertz CT molecular complexity index is 868. The summed E-state index contributed by atoms with van der Waals surface area (Å²) in [5, 5.41) is 1.15. The van der Waals surface area contributed by atoms with Gasteiger partial charge in [-0.25, -0.2) is 0 Å². The number of rotatable bonds is 7. The lowest BCUT2D eigenvalue weighted by atomic mass is 9.94. The van der Waals surface area contributed by atoms with Gasteiger partial charge in [0.2, 0.25) is 0 Å². The fourth-order valence-corrected chi connectivity index (χ4v) is 5.75. The summed E-state index contributed by atoms with van der Waals surface area (Å²) in [6.07, 6.45) is 2.97. The Hall–Kier alpha value is -2.21. The van der Waals surface area contributed by atoms with Crippen LogP contribution < -0.4 is 9.64 Å². The summed E-state index contributed by atoms with van der Waals surface area (Å²) in [7, 11) is 1.77. The molecule has 2 aliphatic heterocycles. The van der Waals surface area contributed by atoms with Crippen LogP contribution in [0.25, 0.3) is 0 Å². The summed E-state index contributed by atoms with van der Waals surface area (Å²) in [6.45, 7) is 8.59. The molecule has 2 aromatic rings. The van der Waals surface area contributed by atoms with Crippen LogP contribution in [0, 0.1) is 0 Å². The van der Waals surface area contributed by atoms with Crippen molar-refractivity contribution < 1.29 is 4.74 Å². The second kappa shape index (κ2) is 8.66. The van der Waals surface area contributed by atoms with Crippen LogP contribution >= 0.6 is 11.8 Å². The van der Waals surface area contributed by atoms with E-state index in [9.17, 15) is 0 Å². The number of anilines is 1. The normalized spacial score (nSPS) is 23.1. The van der Waals surface area contributed by atoms with E-state index in [-0.39, 0.29) is 12.1 Å². The van der Waals surface area contributed by atoms with Crippen LogP contribution in [0.15, 0.2) is 47.6 Å². The number of nitrogens with zero attached hydrogens (tertiary/aromatic N) is 4. The molecule has 3 atom stereocenters. The highest BCUT2D eigenvalue weighted by molar-refractivity contribution is 8.14. The standard InChI is InChI=1S/C23H30N4OS/c1-5-16-15-29-23-25-21(19-10-8-9-13-24-19)22(27(16)23)18-12-11-17(14-20(18)28-4)26(6-2)7-3/h8-14,16,21-22H,5-7,15H2,1-4H3/t16-,21+,22+/m1/s1. The summed E-state index contributed by atoms with van der Waals surface area (Å²) < 4.78 is 5.91. The van der Waals surface area contributed by atoms with Crippen molar-refractivity contribution in [3.05, 3.63) is 53.9 Å². The number of hydrogen-bond donors (Lipinski definition) is 0. The second-order valence-corrected chi connectivity index (χ2v) is 8.42. The maximum absolute atomic E-state index is 5.91. The second-order valence-electron chi connectivity index (χ2n) is 7.43. The molecule has 6 heteroatoms. The van der Waals surface area contributed by atoms with Crippen LogP contribution in [0.3, 0.4) is 0 Å². The molecule has 0 unspecified atom stereocenters. The number of pyridine rings is 1. The fourth-order valence-electron chi connectivity index (χ4n) is 4.42. The fraction of sp³-hybridized carbons (Fsp3) is 0.478. The highest BCUT2D eigenvalue weighted by Crippen LogP contribution is 2.50. The van der Waals surface area contributed by atoms with Crippen molar-refractivity contribution in [2.45, 2.75) is 45.3 Å². The summed E-state index contributed by atoms with van der Waals surface area (Å²) in [4.78, 5) is 14.6. The minimum atomic E-state index is -0.0127. The Morgan fingerprint density at radius 2 is 2.00 bits per heavy atom. The highest BCUT2D eigenvalue weighted by atomic mass is 32.2. The van der Waals surface area contributed by atoms with Gasteiger partial charge in [-0.2, -0.15) is 0 Å². The highest BCUT2D eigenvalue weighted by Gasteiger charge is 2.46. The number of hydrogen-bond acceptors (Lipinski definition) is 6. The first kappa shape index (κ1) is 20.1. The van der Waals surface area contributed by atoms with E-state index in [2.05, 4.69) is 59.8 Å². The molecule has 4 rings (SSSR count). The van der Waals surface area contributed by atoms with E-state index in [4.69, 9.17) is 9.73 Å². The van der Waals surface area contributed by atoms with Crippen LogP contribution in [-0.2, 0) is 0 Å². The first-order valence-electron chi connectivity index (χ1n) is 10.5. The number of aliphatic imine (C=N–C) groups is 1. The molecule has 1 saturated heterocycles. The monoisotopic (exact) mass is 410 g/mol. The number of methoxy groups -OCH3 is 1. The van der Waals surface area contributed by atoms with Gasteiger partial charge in [-0.05, 0) is 38.5 Å². The Balaban J connectivity index is 1.79. The van der Waals surface area contributed by atoms with Gasteiger partial charge in [0.1, 0.15) is 11.8 Å². The van der Waals surface area contributed by atoms with Gasteiger partial charge in [0.25, 0.3) is 0 Å². The van der Waals surface area contributed by atoms with Gasteiger partial charge in [0, 0.05) is 48.4 Å². The summed E-state index contributed by atoms with van der Waals surface area (Å²) >= 11 is 1.87. The van der Waals surface area contributed by atoms with Crippen molar-refractivity contribution in [1.82, 2.24) is 9.88 Å². The number of benzene rings is 1. The third-order valence-electron chi connectivity index (χ3n) is 5.99. The SMILES string of the molecule is CC[C@@H]1CSC2=N[C@@H](c3ccccn3)[C@H](c3ccc(N(CC)CC)cc3OC)N21. The molecule has 1 aromatic carbocycles. The molecule has 0 saturated carbocycles. The molecule has 0 radical (unpaired) electrons. The first-order chi connectivity index (χ1) is 14.2. The van der Waals surface area contributed by atoms with E-state index in [0.29, 0.717) is 6.04 Å². The van der Waals surface area contributed by atoms with Crippen LogP contribution in [0.5, 0.6) is 5.75 Å². The van der Waals surface area contributed by atoms with Gasteiger partial charge in [-0.1, -0.05) is 30.8 Å². The van der Waals surface area contributed by atoms with Crippen molar-refractivity contribution >= 4 is 22.6 Å².